The van der Waals surface area contributed by atoms with Crippen LogP contribution in [0, 0.1) is 5.92 Å². The van der Waals surface area contributed by atoms with Crippen LogP contribution in [0.1, 0.15) is 34.1 Å². The van der Waals surface area contributed by atoms with E-state index in [1.807, 2.05) is 0 Å². The lowest BCUT2D eigenvalue weighted by atomic mass is 10.1. The Bertz CT molecular complexity index is 71.3. The van der Waals surface area contributed by atoms with Crippen molar-refractivity contribution < 1.29 is 5.11 Å². The molecule has 2 atom stereocenters. The van der Waals surface area contributed by atoms with Gasteiger partial charge in [0.15, 0.2) is 0 Å². The topological polar surface area (TPSA) is 19.9 Å². The summed E-state index contributed by atoms with van der Waals surface area (Å²) in [5, 5.41) is 11.2. The highest BCUT2D eigenvalue weighted by atomic mass is 32.2. The molecule has 0 spiro atoms. The molecule has 0 aliphatic carbocycles. The highest BCUT2D eigenvalue weighted by Gasteiger charge is 2.08. The van der Waals surface area contributed by atoms with Crippen LogP contribution in [0.15, 0.2) is 0 Å². The predicted molar refractivity (Wildman–Crippen MR) is 46.7 cm³/mol. The Labute approximate surface area is 68.2 Å². The molecule has 2 unspecified atom stereocenters. The van der Waals surface area contributed by atoms with Gasteiger partial charge in [-0.3, -0.25) is 0 Å². The van der Waals surface area contributed by atoms with E-state index in [1.54, 1.807) is 6.92 Å². The van der Waals surface area contributed by atoms with Gasteiger partial charge in [-0.05, 0) is 19.3 Å². The summed E-state index contributed by atoms with van der Waals surface area (Å²) in [5.41, 5.74) is -0.464. The second-order valence-corrected chi connectivity index (χ2v) is 4.88. The Balaban J connectivity index is 3.34. The smallest absolute Gasteiger partial charge is 0.136 e. The van der Waals surface area contributed by atoms with Gasteiger partial charge >= 0.3 is 0 Å². The van der Waals surface area contributed by atoms with Gasteiger partial charge in [-0.25, -0.2) is 5.11 Å². The van der Waals surface area contributed by atoms with Crippen molar-refractivity contribution in [2.45, 2.75) is 44.8 Å². The van der Waals surface area contributed by atoms with E-state index < -0.39 is 5.44 Å². The number of rotatable bonds is 4. The molecule has 0 heterocycles. The van der Waals surface area contributed by atoms with Crippen molar-refractivity contribution in [3.63, 3.8) is 0 Å². The minimum Gasteiger partial charge on any atom is -0.222 e. The second kappa shape index (κ2) is 5.03. The van der Waals surface area contributed by atoms with Gasteiger partial charge < -0.3 is 0 Å². The molecule has 0 aromatic rings. The van der Waals surface area contributed by atoms with E-state index >= 15 is 0 Å². The molecule has 0 saturated carbocycles. The maximum Gasteiger partial charge on any atom is 0.136 e. The van der Waals surface area contributed by atoms with Crippen LogP contribution in [0.2, 0.25) is 0 Å². The number of thioether (sulfide) groups is 1. The van der Waals surface area contributed by atoms with Crippen molar-refractivity contribution in [3.8, 4) is 0 Å². The van der Waals surface area contributed by atoms with Crippen LogP contribution in [0.5, 0.6) is 0 Å². The third-order valence-electron chi connectivity index (χ3n) is 1.23. The zero-order valence-electron chi connectivity index (χ0n) is 7.26. The molecule has 10 heavy (non-hydrogen) atoms. The normalized spacial score (nSPS) is 17.4. The fourth-order valence-electron chi connectivity index (χ4n) is 1.05. The van der Waals surface area contributed by atoms with Crippen LogP contribution in [0.3, 0.4) is 0 Å². The lowest BCUT2D eigenvalue weighted by Crippen LogP contribution is -2.05. The summed E-state index contributed by atoms with van der Waals surface area (Å²) < 4.78 is 0. The molecule has 0 bridgehead atoms. The summed E-state index contributed by atoms with van der Waals surface area (Å²) in [4.78, 5) is 0. The van der Waals surface area contributed by atoms with Crippen LogP contribution in [0.25, 0.3) is 0 Å². The Hall–Kier alpha value is 0.310. The molecule has 0 rings (SSSR count). The fraction of sp³-hybridized carbons (Fsp3) is 1.00. The van der Waals surface area contributed by atoms with Gasteiger partial charge in [0.25, 0.3) is 0 Å². The second-order valence-electron chi connectivity index (χ2n) is 3.14. The highest BCUT2D eigenvalue weighted by molar-refractivity contribution is 8.00. The molecule has 0 aliphatic rings. The maximum atomic E-state index is 10.7. The SMILES string of the molecule is CC(C)CC(C)SC(C)[O]. The van der Waals surface area contributed by atoms with E-state index in [2.05, 4.69) is 20.8 Å². The van der Waals surface area contributed by atoms with Crippen molar-refractivity contribution in [1.29, 1.82) is 0 Å². The third-order valence-corrected chi connectivity index (χ3v) is 2.27. The minimum atomic E-state index is -0.464. The van der Waals surface area contributed by atoms with E-state index in [1.165, 1.54) is 11.8 Å². The average Bonchev–Trinajstić information content (AvgIpc) is 1.58. The molecule has 0 fully saturated rings. The van der Waals surface area contributed by atoms with Gasteiger partial charge in [0.1, 0.15) is 5.44 Å². The Morgan fingerprint density at radius 2 is 1.70 bits per heavy atom. The first-order chi connectivity index (χ1) is 4.52. The summed E-state index contributed by atoms with van der Waals surface area (Å²) in [5.74, 6) is 0.709. The van der Waals surface area contributed by atoms with Crippen molar-refractivity contribution in [1.82, 2.24) is 0 Å². The summed E-state index contributed by atoms with van der Waals surface area (Å²) in [6.45, 7) is 8.21. The van der Waals surface area contributed by atoms with Gasteiger partial charge in [0.2, 0.25) is 0 Å². The molecule has 1 nitrogen and oxygen atoms in total. The summed E-state index contributed by atoms with van der Waals surface area (Å²) >= 11 is 1.53. The van der Waals surface area contributed by atoms with Gasteiger partial charge in [-0.15, -0.1) is 11.8 Å². The van der Waals surface area contributed by atoms with Crippen LogP contribution in [0.4, 0.5) is 0 Å². The monoisotopic (exact) mass is 161 g/mol. The van der Waals surface area contributed by atoms with Crippen molar-refractivity contribution in [3.05, 3.63) is 0 Å². The summed E-state index contributed by atoms with van der Waals surface area (Å²) in [6, 6.07) is 0. The molecule has 61 valence electrons. The molecule has 0 N–H and O–H groups in total. The van der Waals surface area contributed by atoms with Crippen LogP contribution >= 0.6 is 11.8 Å². The zero-order chi connectivity index (χ0) is 8.15. The molecular formula is C8H17OS. The van der Waals surface area contributed by atoms with Crippen LogP contribution in [-0.4, -0.2) is 10.7 Å². The Morgan fingerprint density at radius 1 is 1.20 bits per heavy atom. The lowest BCUT2D eigenvalue weighted by Gasteiger charge is -2.13. The molecule has 0 saturated heterocycles. The van der Waals surface area contributed by atoms with E-state index in [0.29, 0.717) is 11.2 Å². The van der Waals surface area contributed by atoms with Gasteiger partial charge in [-0.2, -0.15) is 0 Å². The molecule has 0 aliphatic heterocycles. The zero-order valence-corrected chi connectivity index (χ0v) is 8.07. The van der Waals surface area contributed by atoms with Crippen molar-refractivity contribution in [2.24, 2.45) is 5.92 Å². The van der Waals surface area contributed by atoms with Crippen LogP contribution in [-0.2, 0) is 5.11 Å². The maximum absolute atomic E-state index is 10.7. The standard InChI is InChI=1S/C8H17OS/c1-6(2)5-7(3)10-8(4)9/h6-8H,5H2,1-4H3. The lowest BCUT2D eigenvalue weighted by molar-refractivity contribution is 0.180. The van der Waals surface area contributed by atoms with Crippen molar-refractivity contribution >= 4 is 11.8 Å². The van der Waals surface area contributed by atoms with E-state index in [4.69, 9.17) is 0 Å². The quantitative estimate of drug-likeness (QED) is 0.580. The predicted octanol–water partition coefficient (Wildman–Crippen LogP) is 2.93. The van der Waals surface area contributed by atoms with E-state index in [-0.39, 0.29) is 0 Å². The molecule has 0 amide bonds. The first-order valence-corrected chi connectivity index (χ1v) is 4.78. The molecular weight excluding hydrogens is 144 g/mol. The average molecular weight is 161 g/mol. The fourth-order valence-corrected chi connectivity index (χ4v) is 2.20. The number of hydrogen-bond acceptors (Lipinski definition) is 1. The largest absolute Gasteiger partial charge is 0.222 e. The Morgan fingerprint density at radius 3 is 2.00 bits per heavy atom. The molecule has 1 radical (unpaired) electrons. The minimum absolute atomic E-state index is 0.464. The van der Waals surface area contributed by atoms with Gasteiger partial charge in [0.05, 0.1) is 0 Å². The highest BCUT2D eigenvalue weighted by Crippen LogP contribution is 2.21. The summed E-state index contributed by atoms with van der Waals surface area (Å²) in [6.07, 6.45) is 1.15. The molecule has 0 aromatic heterocycles. The third kappa shape index (κ3) is 6.43. The van der Waals surface area contributed by atoms with Crippen LogP contribution < -0.4 is 0 Å². The van der Waals surface area contributed by atoms with Crippen molar-refractivity contribution in [2.75, 3.05) is 0 Å². The molecule has 2 heteroatoms. The van der Waals surface area contributed by atoms with E-state index in [0.717, 1.165) is 6.42 Å². The van der Waals surface area contributed by atoms with Gasteiger partial charge in [0, 0.05) is 5.25 Å². The first kappa shape index (κ1) is 10.3. The molecule has 0 aromatic carbocycles. The van der Waals surface area contributed by atoms with Gasteiger partial charge in [-0.1, -0.05) is 20.8 Å². The number of hydrogen-bond donors (Lipinski definition) is 0. The van der Waals surface area contributed by atoms with E-state index in [9.17, 15) is 5.11 Å². The first-order valence-electron chi connectivity index (χ1n) is 3.83. The Kier molecular flexibility index (Phi) is 5.18. The summed E-state index contributed by atoms with van der Waals surface area (Å²) in [7, 11) is 0.